The lowest BCUT2D eigenvalue weighted by Gasteiger charge is -2.52. The molecule has 1 aromatic rings. The van der Waals surface area contributed by atoms with E-state index in [0.717, 1.165) is 57.3 Å². The molecule has 4 aliphatic rings. The van der Waals surface area contributed by atoms with E-state index in [0.29, 0.717) is 17.8 Å². The molecular formula is C25H31BrO3. The van der Waals surface area contributed by atoms with Crippen LogP contribution < -0.4 is 4.74 Å². The number of aliphatic hydroxyl groups is 1. The zero-order chi connectivity index (χ0) is 20.1. The van der Waals surface area contributed by atoms with Crippen LogP contribution in [0.4, 0.5) is 0 Å². The summed E-state index contributed by atoms with van der Waals surface area (Å²) < 4.78 is 11.9. The maximum Gasteiger partial charge on any atom is 0.199 e. The number of halogens is 1. The summed E-state index contributed by atoms with van der Waals surface area (Å²) in [6.45, 7) is 3.10. The molecular weight excluding hydrogens is 428 g/mol. The van der Waals surface area contributed by atoms with E-state index >= 15 is 0 Å². The Morgan fingerprint density at radius 3 is 2.86 bits per heavy atom. The number of aryl methyl sites for hydroxylation is 1. The highest BCUT2D eigenvalue weighted by Crippen LogP contribution is 2.64. The molecule has 3 aliphatic carbocycles. The molecule has 156 valence electrons. The van der Waals surface area contributed by atoms with Gasteiger partial charge in [0.2, 0.25) is 0 Å². The van der Waals surface area contributed by atoms with Crippen LogP contribution in [-0.4, -0.2) is 23.6 Å². The first kappa shape index (κ1) is 19.9. The molecule has 2 saturated carbocycles. The van der Waals surface area contributed by atoms with Crippen LogP contribution in [0, 0.1) is 28.0 Å². The summed E-state index contributed by atoms with van der Waals surface area (Å²) in [5.74, 6) is 5.89. The third-order valence-electron chi connectivity index (χ3n) is 8.51. The van der Waals surface area contributed by atoms with Gasteiger partial charge in [-0.2, -0.15) is 0 Å². The summed E-state index contributed by atoms with van der Waals surface area (Å²) in [5, 5.41) is 11.3. The van der Waals surface area contributed by atoms with E-state index < -0.39 is 5.60 Å². The van der Waals surface area contributed by atoms with Gasteiger partial charge < -0.3 is 14.6 Å². The van der Waals surface area contributed by atoms with Crippen LogP contribution in [0.15, 0.2) is 18.2 Å². The van der Waals surface area contributed by atoms with E-state index in [-0.39, 0.29) is 11.7 Å². The molecule has 0 amide bonds. The van der Waals surface area contributed by atoms with Crippen LogP contribution in [0.1, 0.15) is 75.3 Å². The summed E-state index contributed by atoms with van der Waals surface area (Å²) in [6.07, 6.45) is 9.63. The summed E-state index contributed by atoms with van der Waals surface area (Å²) in [7, 11) is 0. The minimum absolute atomic E-state index is 0.0831. The normalized spacial score (nSPS) is 40.8. The van der Waals surface area contributed by atoms with Crippen LogP contribution >= 0.6 is 15.9 Å². The van der Waals surface area contributed by atoms with E-state index in [1.165, 1.54) is 24.0 Å². The fourth-order valence-corrected chi connectivity index (χ4v) is 7.22. The topological polar surface area (TPSA) is 38.7 Å². The van der Waals surface area contributed by atoms with Gasteiger partial charge in [-0.25, -0.2) is 0 Å². The minimum atomic E-state index is -0.843. The van der Waals surface area contributed by atoms with E-state index in [4.69, 9.17) is 9.47 Å². The van der Waals surface area contributed by atoms with Crippen LogP contribution in [-0.2, 0) is 11.2 Å². The Labute approximate surface area is 182 Å². The third-order valence-corrected chi connectivity index (χ3v) is 8.71. The first-order valence-electron chi connectivity index (χ1n) is 11.3. The molecule has 5 rings (SSSR count). The fourth-order valence-electron chi connectivity index (χ4n) is 6.89. The number of fused-ring (bicyclic) bond motifs is 5. The average Bonchev–Trinajstić information content (AvgIpc) is 2.99. The van der Waals surface area contributed by atoms with Gasteiger partial charge in [0.15, 0.2) is 6.29 Å². The molecule has 1 heterocycles. The Balaban J connectivity index is 1.37. The van der Waals surface area contributed by atoms with Crippen molar-refractivity contribution in [2.45, 2.75) is 82.5 Å². The lowest BCUT2D eigenvalue weighted by Crippen LogP contribution is -2.50. The zero-order valence-corrected chi connectivity index (χ0v) is 18.8. The minimum Gasteiger partial charge on any atom is -0.465 e. The largest absolute Gasteiger partial charge is 0.465 e. The van der Waals surface area contributed by atoms with Gasteiger partial charge in [-0.05, 0) is 97.2 Å². The van der Waals surface area contributed by atoms with Gasteiger partial charge in [0.1, 0.15) is 11.4 Å². The van der Waals surface area contributed by atoms with Crippen molar-refractivity contribution in [3.05, 3.63) is 29.3 Å². The predicted octanol–water partition coefficient (Wildman–Crippen LogP) is 5.54. The highest BCUT2D eigenvalue weighted by Gasteiger charge is 2.61. The SMILES string of the molecule is C[C@]12CC[C@@H]3c4ccc(OC5CCCCO5)cc4CC[C@H]3[C@@H]1CC[C@@]2(O)C#CBr. The Morgan fingerprint density at radius 2 is 2.07 bits per heavy atom. The van der Waals surface area contributed by atoms with Crippen molar-refractivity contribution in [1.82, 2.24) is 0 Å². The van der Waals surface area contributed by atoms with Crippen molar-refractivity contribution >= 4 is 15.9 Å². The van der Waals surface area contributed by atoms with Gasteiger partial charge in [0.25, 0.3) is 0 Å². The Kier molecular flexibility index (Phi) is 5.21. The quantitative estimate of drug-likeness (QED) is 0.591. The van der Waals surface area contributed by atoms with Crippen molar-refractivity contribution < 1.29 is 14.6 Å². The summed E-state index contributed by atoms with van der Waals surface area (Å²) in [6, 6.07) is 6.72. The number of rotatable bonds is 2. The molecule has 0 radical (unpaired) electrons. The lowest BCUT2D eigenvalue weighted by atomic mass is 9.53. The standard InChI is InChI=1S/C25H31BrO3/c1-24-11-9-20-19-8-6-18(29-23-4-2-3-15-28-23)16-17(19)5-7-21(20)22(24)10-12-25(24,27)13-14-26/h6,8,16,20-23,27H,2-5,7,9-12,15H2,1H3/t20-,21-,22+,23?,24+,25-/m1/s1. The Hall–Kier alpha value is -1.02. The highest BCUT2D eigenvalue weighted by molar-refractivity contribution is 9.12. The van der Waals surface area contributed by atoms with Crippen LogP contribution in [0.2, 0.25) is 0 Å². The maximum absolute atomic E-state index is 11.3. The number of benzene rings is 1. The first-order chi connectivity index (χ1) is 14.0. The van der Waals surface area contributed by atoms with E-state index in [9.17, 15) is 5.11 Å². The molecule has 1 N–H and O–H groups in total. The van der Waals surface area contributed by atoms with Gasteiger partial charge in [-0.15, -0.1) is 0 Å². The molecule has 3 fully saturated rings. The Bertz CT molecular complexity index is 836. The van der Waals surface area contributed by atoms with Gasteiger partial charge in [-0.3, -0.25) is 0 Å². The van der Waals surface area contributed by atoms with Crippen molar-refractivity contribution in [2.75, 3.05) is 6.61 Å². The van der Waals surface area contributed by atoms with Crippen LogP contribution in [0.5, 0.6) is 5.75 Å². The van der Waals surface area contributed by atoms with Crippen LogP contribution in [0.25, 0.3) is 0 Å². The fraction of sp³-hybridized carbons (Fsp3) is 0.680. The molecule has 4 heteroatoms. The predicted molar refractivity (Wildman–Crippen MR) is 117 cm³/mol. The molecule has 1 aliphatic heterocycles. The summed E-state index contributed by atoms with van der Waals surface area (Å²) in [4.78, 5) is 2.82. The second-order valence-electron chi connectivity index (χ2n) is 9.76. The van der Waals surface area contributed by atoms with Gasteiger partial charge in [0, 0.05) is 27.8 Å². The van der Waals surface area contributed by atoms with E-state index in [2.05, 4.69) is 51.8 Å². The summed E-state index contributed by atoms with van der Waals surface area (Å²) >= 11 is 3.23. The second-order valence-corrected chi connectivity index (χ2v) is 10.2. The van der Waals surface area contributed by atoms with Crippen molar-refractivity contribution in [1.29, 1.82) is 0 Å². The summed E-state index contributed by atoms with van der Waals surface area (Å²) in [5.41, 5.74) is 2.04. The molecule has 0 spiro atoms. The number of hydrogen-bond acceptors (Lipinski definition) is 3. The smallest absolute Gasteiger partial charge is 0.199 e. The van der Waals surface area contributed by atoms with Crippen molar-refractivity contribution in [2.24, 2.45) is 17.3 Å². The molecule has 1 saturated heterocycles. The molecule has 1 unspecified atom stereocenters. The van der Waals surface area contributed by atoms with E-state index in [1.807, 2.05) is 0 Å². The van der Waals surface area contributed by atoms with Gasteiger partial charge in [0.05, 0.1) is 6.61 Å². The first-order valence-corrected chi connectivity index (χ1v) is 12.1. The van der Waals surface area contributed by atoms with Crippen molar-refractivity contribution in [3.63, 3.8) is 0 Å². The van der Waals surface area contributed by atoms with Gasteiger partial charge >= 0.3 is 0 Å². The van der Waals surface area contributed by atoms with E-state index in [1.54, 1.807) is 0 Å². The molecule has 1 aromatic carbocycles. The molecule has 0 bridgehead atoms. The number of ether oxygens (including phenoxy) is 2. The number of hydrogen-bond donors (Lipinski definition) is 1. The third kappa shape index (κ3) is 3.25. The lowest BCUT2D eigenvalue weighted by molar-refractivity contribution is -0.105. The zero-order valence-electron chi connectivity index (χ0n) is 17.3. The maximum atomic E-state index is 11.3. The Morgan fingerprint density at radius 1 is 1.17 bits per heavy atom. The molecule has 29 heavy (non-hydrogen) atoms. The molecule has 3 nitrogen and oxygen atoms in total. The van der Waals surface area contributed by atoms with Crippen LogP contribution in [0.3, 0.4) is 0 Å². The average molecular weight is 459 g/mol. The molecule has 6 atom stereocenters. The molecule has 0 aromatic heterocycles. The monoisotopic (exact) mass is 458 g/mol. The highest BCUT2D eigenvalue weighted by atomic mass is 79.9. The second kappa shape index (κ2) is 7.59. The van der Waals surface area contributed by atoms with Crippen molar-refractivity contribution in [3.8, 4) is 16.5 Å². The van der Waals surface area contributed by atoms with Gasteiger partial charge in [-0.1, -0.05) is 18.9 Å².